The summed E-state index contributed by atoms with van der Waals surface area (Å²) in [6.07, 6.45) is 5.14. The number of likely N-dealkylation sites (tertiary alicyclic amines) is 1. The third-order valence-electron chi connectivity index (χ3n) is 3.31. The number of hydrogen-bond acceptors (Lipinski definition) is 2. The Hall–Kier alpha value is -1.16. The minimum Gasteiger partial charge on any atom is -0.370 e. The fourth-order valence-electron chi connectivity index (χ4n) is 2.24. The molecule has 0 bridgehead atoms. The van der Waals surface area contributed by atoms with Gasteiger partial charge in [0.2, 0.25) is 0 Å². The third kappa shape index (κ3) is 5.15. The van der Waals surface area contributed by atoms with Crippen molar-refractivity contribution in [1.29, 1.82) is 0 Å². The molecule has 0 aliphatic carbocycles. The summed E-state index contributed by atoms with van der Waals surface area (Å²) in [4.78, 5) is 8.04. The molecule has 3 nitrogen and oxygen atoms in total. The van der Waals surface area contributed by atoms with Crippen molar-refractivity contribution in [3.8, 4) is 0 Å². The van der Waals surface area contributed by atoms with Gasteiger partial charge in [-0.25, -0.2) is 0 Å². The molecule has 0 radical (unpaired) electrons. The van der Waals surface area contributed by atoms with Gasteiger partial charge in [0, 0.05) is 23.7 Å². The van der Waals surface area contributed by atoms with Crippen molar-refractivity contribution in [2.45, 2.75) is 30.6 Å². The molecule has 2 rings (SSSR count). The molecule has 2 N–H and O–H groups in total. The number of rotatable bonds is 4. The van der Waals surface area contributed by atoms with Gasteiger partial charge in [0.05, 0.1) is 6.54 Å². The molecule has 0 spiro atoms. The maximum atomic E-state index is 6.06. The minimum atomic E-state index is 0.732. The van der Waals surface area contributed by atoms with Crippen LogP contribution in [-0.2, 0) is 0 Å². The molecule has 104 valence electrons. The molecule has 1 aromatic carbocycles. The SMILES string of the molecule is NC(=NCCSc1ccccc1)N1CCCCCC1. The first-order valence-corrected chi connectivity index (χ1v) is 8.07. The van der Waals surface area contributed by atoms with Crippen molar-refractivity contribution in [3.05, 3.63) is 30.3 Å². The first-order chi connectivity index (χ1) is 9.36. The second-order valence-corrected chi connectivity index (χ2v) is 5.97. The van der Waals surface area contributed by atoms with E-state index in [1.807, 2.05) is 17.8 Å². The lowest BCUT2D eigenvalue weighted by molar-refractivity contribution is 0.429. The fourth-order valence-corrected chi connectivity index (χ4v) is 3.01. The molecule has 1 aliphatic heterocycles. The van der Waals surface area contributed by atoms with Gasteiger partial charge < -0.3 is 10.6 Å². The van der Waals surface area contributed by atoms with Crippen molar-refractivity contribution >= 4 is 17.7 Å². The van der Waals surface area contributed by atoms with E-state index in [2.05, 4.69) is 34.2 Å². The maximum Gasteiger partial charge on any atom is 0.191 e. The fraction of sp³-hybridized carbons (Fsp3) is 0.533. The zero-order chi connectivity index (χ0) is 13.3. The summed E-state index contributed by atoms with van der Waals surface area (Å²) in [7, 11) is 0. The van der Waals surface area contributed by atoms with Crippen LogP contribution >= 0.6 is 11.8 Å². The van der Waals surface area contributed by atoms with E-state index in [9.17, 15) is 0 Å². The van der Waals surface area contributed by atoms with Gasteiger partial charge in [0.25, 0.3) is 0 Å². The quantitative estimate of drug-likeness (QED) is 0.398. The number of guanidine groups is 1. The summed E-state index contributed by atoms with van der Waals surface area (Å²) in [5.74, 6) is 1.72. The van der Waals surface area contributed by atoms with Crippen LogP contribution in [0.4, 0.5) is 0 Å². The average molecular weight is 277 g/mol. The maximum absolute atomic E-state index is 6.06. The summed E-state index contributed by atoms with van der Waals surface area (Å²) >= 11 is 1.83. The largest absolute Gasteiger partial charge is 0.370 e. The molecule has 0 unspecified atom stereocenters. The van der Waals surface area contributed by atoms with Crippen molar-refractivity contribution in [2.75, 3.05) is 25.4 Å². The number of nitrogens with zero attached hydrogens (tertiary/aromatic N) is 2. The summed E-state index contributed by atoms with van der Waals surface area (Å²) < 4.78 is 0. The Labute approximate surface area is 120 Å². The lowest BCUT2D eigenvalue weighted by Gasteiger charge is -2.21. The normalized spacial score (nSPS) is 17.3. The summed E-state index contributed by atoms with van der Waals surface area (Å²) in [5, 5.41) is 0. The van der Waals surface area contributed by atoms with E-state index >= 15 is 0 Å². The molecule has 0 saturated carbocycles. The van der Waals surface area contributed by atoms with Crippen molar-refractivity contribution < 1.29 is 0 Å². The van der Waals surface area contributed by atoms with E-state index in [1.165, 1.54) is 30.6 Å². The highest BCUT2D eigenvalue weighted by atomic mass is 32.2. The zero-order valence-electron chi connectivity index (χ0n) is 11.4. The Bertz CT molecular complexity index is 384. The first kappa shape index (κ1) is 14.3. The monoisotopic (exact) mass is 277 g/mol. The molecule has 1 aliphatic rings. The Morgan fingerprint density at radius 1 is 1.11 bits per heavy atom. The molecular formula is C15H23N3S. The second-order valence-electron chi connectivity index (χ2n) is 4.80. The van der Waals surface area contributed by atoms with E-state index in [0.717, 1.165) is 31.3 Å². The van der Waals surface area contributed by atoms with Gasteiger partial charge in [-0.2, -0.15) is 0 Å². The standard InChI is InChI=1S/C15H23N3S/c16-15(18-11-6-1-2-7-12-18)17-10-13-19-14-8-4-3-5-9-14/h3-5,8-9H,1-2,6-7,10-13H2,(H2,16,17). The van der Waals surface area contributed by atoms with Crippen LogP contribution in [0.25, 0.3) is 0 Å². The second kappa shape index (κ2) is 8.10. The lowest BCUT2D eigenvalue weighted by Crippen LogP contribution is -2.38. The smallest absolute Gasteiger partial charge is 0.191 e. The Balaban J connectivity index is 1.72. The van der Waals surface area contributed by atoms with Crippen LogP contribution in [0, 0.1) is 0 Å². The first-order valence-electron chi connectivity index (χ1n) is 7.09. The molecule has 1 saturated heterocycles. The Kier molecular flexibility index (Phi) is 6.08. The van der Waals surface area contributed by atoms with Gasteiger partial charge in [0.1, 0.15) is 0 Å². The van der Waals surface area contributed by atoms with Crippen molar-refractivity contribution in [3.63, 3.8) is 0 Å². The van der Waals surface area contributed by atoms with Crippen LogP contribution in [0.2, 0.25) is 0 Å². The van der Waals surface area contributed by atoms with Crippen LogP contribution < -0.4 is 5.73 Å². The molecule has 0 atom stereocenters. The van der Waals surface area contributed by atoms with Crippen LogP contribution in [0.1, 0.15) is 25.7 Å². The highest BCUT2D eigenvalue weighted by Crippen LogP contribution is 2.16. The Morgan fingerprint density at radius 3 is 2.47 bits per heavy atom. The van der Waals surface area contributed by atoms with Crippen LogP contribution in [0.15, 0.2) is 40.2 Å². The van der Waals surface area contributed by atoms with Crippen molar-refractivity contribution in [2.24, 2.45) is 10.7 Å². The van der Waals surface area contributed by atoms with E-state index in [-0.39, 0.29) is 0 Å². The number of thioether (sulfide) groups is 1. The molecular weight excluding hydrogens is 254 g/mol. The predicted molar refractivity (Wildman–Crippen MR) is 83.7 cm³/mol. The molecule has 1 aromatic rings. The summed E-state index contributed by atoms with van der Waals surface area (Å²) in [6, 6.07) is 10.4. The lowest BCUT2D eigenvalue weighted by atomic mass is 10.2. The van der Waals surface area contributed by atoms with Gasteiger partial charge in [0.15, 0.2) is 5.96 Å². The van der Waals surface area contributed by atoms with Gasteiger partial charge in [-0.15, -0.1) is 11.8 Å². The van der Waals surface area contributed by atoms with Crippen LogP contribution in [-0.4, -0.2) is 36.2 Å². The number of benzene rings is 1. The van der Waals surface area contributed by atoms with E-state index in [4.69, 9.17) is 5.73 Å². The molecule has 1 fully saturated rings. The molecule has 0 aromatic heterocycles. The molecule has 0 amide bonds. The number of nitrogens with two attached hydrogens (primary N) is 1. The van der Waals surface area contributed by atoms with Gasteiger partial charge in [-0.3, -0.25) is 4.99 Å². The van der Waals surface area contributed by atoms with E-state index in [0.29, 0.717) is 0 Å². The van der Waals surface area contributed by atoms with Gasteiger partial charge in [-0.05, 0) is 25.0 Å². The van der Waals surface area contributed by atoms with E-state index < -0.39 is 0 Å². The highest BCUT2D eigenvalue weighted by molar-refractivity contribution is 7.99. The highest BCUT2D eigenvalue weighted by Gasteiger charge is 2.10. The van der Waals surface area contributed by atoms with Crippen molar-refractivity contribution in [1.82, 2.24) is 4.90 Å². The van der Waals surface area contributed by atoms with Crippen LogP contribution in [0.3, 0.4) is 0 Å². The number of aliphatic imine (C=N–C) groups is 1. The van der Waals surface area contributed by atoms with Gasteiger partial charge in [-0.1, -0.05) is 31.0 Å². The minimum absolute atomic E-state index is 0.732. The van der Waals surface area contributed by atoms with Gasteiger partial charge >= 0.3 is 0 Å². The van der Waals surface area contributed by atoms with Crippen LogP contribution in [0.5, 0.6) is 0 Å². The third-order valence-corrected chi connectivity index (χ3v) is 4.30. The zero-order valence-corrected chi connectivity index (χ0v) is 12.2. The Morgan fingerprint density at radius 2 is 1.79 bits per heavy atom. The summed E-state index contributed by atoms with van der Waals surface area (Å²) in [5.41, 5.74) is 6.06. The molecule has 4 heteroatoms. The van der Waals surface area contributed by atoms with E-state index in [1.54, 1.807) is 0 Å². The number of hydrogen-bond donors (Lipinski definition) is 1. The average Bonchev–Trinajstić information content (AvgIpc) is 2.73. The summed E-state index contributed by atoms with van der Waals surface area (Å²) in [6.45, 7) is 2.93. The molecule has 19 heavy (non-hydrogen) atoms. The predicted octanol–water partition coefficient (Wildman–Crippen LogP) is 2.97. The topological polar surface area (TPSA) is 41.6 Å². The molecule has 1 heterocycles.